The fraction of sp³-hybridized carbons (Fsp3) is 0.132. The first kappa shape index (κ1) is 49.4. The summed E-state index contributed by atoms with van der Waals surface area (Å²) in [7, 11) is -3.80. The highest BCUT2D eigenvalue weighted by Gasteiger charge is 2.27. The van der Waals surface area contributed by atoms with Gasteiger partial charge in [-0.1, -0.05) is 147 Å². The predicted octanol–water partition coefficient (Wildman–Crippen LogP) is 15.0. The lowest BCUT2D eigenvalue weighted by molar-refractivity contribution is -0.110. The Hall–Kier alpha value is -6.57. The lowest BCUT2D eigenvalue weighted by atomic mass is 10.1. The number of para-hydroxylation sites is 2. The van der Waals surface area contributed by atoms with E-state index in [0.717, 1.165) is 61.3 Å². The Balaban J connectivity index is 0.000000637. The topological polar surface area (TPSA) is 114 Å². The molecule has 0 aliphatic rings. The lowest BCUT2D eigenvalue weighted by Crippen LogP contribution is -2.08. The van der Waals surface area contributed by atoms with Crippen molar-refractivity contribution in [2.45, 2.75) is 44.4 Å². The molecule has 0 amide bonds. The fourth-order valence-corrected chi connectivity index (χ4v) is 9.47. The van der Waals surface area contributed by atoms with E-state index in [-0.39, 0.29) is 5.75 Å². The van der Waals surface area contributed by atoms with Crippen molar-refractivity contribution in [1.82, 2.24) is 0 Å². The van der Waals surface area contributed by atoms with Gasteiger partial charge in [-0.2, -0.15) is 0 Å². The molecule has 0 bridgehead atoms. The van der Waals surface area contributed by atoms with Crippen molar-refractivity contribution in [3.63, 3.8) is 0 Å². The number of aldehydes is 4. The average Bonchev–Trinajstić information content (AvgIpc) is 3.35. The number of hydrogen-bond acceptors (Lipinski definition) is 10. The predicted molar refractivity (Wildman–Crippen MR) is 265 cm³/mol. The van der Waals surface area contributed by atoms with Crippen LogP contribution in [-0.2, 0) is 9.32 Å². The van der Waals surface area contributed by atoms with E-state index in [1.807, 2.05) is 144 Å². The van der Waals surface area contributed by atoms with Crippen LogP contribution in [0.4, 0.5) is 0 Å². The number of benzene rings is 7. The van der Waals surface area contributed by atoms with Gasteiger partial charge >= 0.3 is 8.60 Å². The number of hydrogen-bond donors (Lipinski definition) is 0. The summed E-state index contributed by atoms with van der Waals surface area (Å²) in [5, 5.41) is 3.83. The summed E-state index contributed by atoms with van der Waals surface area (Å²) in [6.07, 6.45) is 8.41. The van der Waals surface area contributed by atoms with E-state index in [0.29, 0.717) is 40.4 Å². The molecule has 332 valence electrons. The van der Waals surface area contributed by atoms with E-state index in [1.165, 1.54) is 11.8 Å². The smallest absolute Gasteiger partial charge is 0.438 e. The van der Waals surface area contributed by atoms with Crippen LogP contribution in [0.15, 0.2) is 179 Å². The van der Waals surface area contributed by atoms with Crippen LogP contribution in [0.2, 0.25) is 0 Å². The minimum Gasteiger partial charge on any atom is -0.438 e. The van der Waals surface area contributed by atoms with Crippen LogP contribution in [0.1, 0.15) is 64.3 Å². The molecule has 0 saturated heterocycles. The molecular weight excluding hydrogens is 875 g/mol. The molecule has 12 heteroatoms. The van der Waals surface area contributed by atoms with Crippen LogP contribution in [0.25, 0.3) is 21.5 Å². The largest absolute Gasteiger partial charge is 0.530 e. The molecule has 0 fully saturated rings. The third-order valence-corrected chi connectivity index (χ3v) is 12.6. The van der Waals surface area contributed by atoms with Gasteiger partial charge in [-0.15, -0.1) is 0 Å². The SMILES string of the molecule is C/C=C\C=C(\OP(Oc1ccccc1C=O)Oc1ccc2ccccc2c1Sc1c(OP(C)Oc2ccccc2C=O)ccc2ccccc12)C(C)C=O.CC.Cc1ccccc1C=O. The first-order valence-corrected chi connectivity index (χ1v) is 24.3. The number of fused-ring (bicyclic) bond motifs is 2. The van der Waals surface area contributed by atoms with E-state index >= 15 is 0 Å². The Morgan fingerprint density at radius 3 is 1.51 bits per heavy atom. The third kappa shape index (κ3) is 13.5. The van der Waals surface area contributed by atoms with Gasteiger partial charge in [0.2, 0.25) is 0 Å². The molecule has 7 aromatic rings. The van der Waals surface area contributed by atoms with Crippen LogP contribution >= 0.6 is 28.7 Å². The van der Waals surface area contributed by atoms with E-state index in [2.05, 4.69) is 0 Å². The molecule has 0 N–H and O–H groups in total. The summed E-state index contributed by atoms with van der Waals surface area (Å²) in [5.41, 5.74) is 2.56. The first-order valence-electron chi connectivity index (χ1n) is 20.8. The van der Waals surface area contributed by atoms with Gasteiger partial charge in [0.1, 0.15) is 41.3 Å². The van der Waals surface area contributed by atoms with Gasteiger partial charge in [0.25, 0.3) is 8.38 Å². The summed E-state index contributed by atoms with van der Waals surface area (Å²) in [6, 6.07) is 45.0. The number of carbonyl (C=O) groups is 4. The molecule has 0 radical (unpaired) electrons. The van der Waals surface area contributed by atoms with Gasteiger partial charge in [-0.3, -0.25) is 14.4 Å². The molecule has 7 aromatic carbocycles. The number of allylic oxidation sites excluding steroid dienone is 4. The first-order chi connectivity index (χ1) is 31.8. The highest BCUT2D eigenvalue weighted by atomic mass is 32.2. The Bertz CT molecular complexity index is 2770. The third-order valence-electron chi connectivity index (χ3n) is 9.38. The van der Waals surface area contributed by atoms with Crippen LogP contribution in [0.5, 0.6) is 23.0 Å². The molecule has 0 aliphatic heterocycles. The number of rotatable bonds is 18. The fourth-order valence-electron chi connectivity index (χ4n) is 6.07. The van der Waals surface area contributed by atoms with Gasteiger partial charge in [-0.05, 0) is 90.4 Å². The highest BCUT2D eigenvalue weighted by Crippen LogP contribution is 2.53. The van der Waals surface area contributed by atoms with E-state index in [9.17, 15) is 19.2 Å². The molecule has 0 spiro atoms. The standard InChI is InChI=1S/C43H36O8P2S.C8H8O.C2H6/c1-4-5-20-37(30(2)27-44)49-53(50-39-22-13-9-17-34(39)29-46)51-41-26-24-32-15-7-11-19-36(32)43(41)54-42-35-18-10-6-14-31(35)23-25-40(42)48-52(3)47-38-21-12-8-16-33(38)28-45;1-7-4-2-3-5-8(7)6-9;1-2/h4-30H,1-3H3;2-6H,1H3;1-2H3/b5-4-,37-20+;;. The second-order valence-electron chi connectivity index (χ2n) is 13.8. The van der Waals surface area contributed by atoms with Gasteiger partial charge in [0, 0.05) is 12.2 Å². The number of aryl methyl sites for hydroxylation is 1. The Labute approximate surface area is 387 Å². The van der Waals surface area contributed by atoms with Crippen molar-refractivity contribution >= 4 is 75.4 Å². The molecule has 0 aliphatic carbocycles. The second-order valence-corrected chi connectivity index (χ2v) is 17.0. The van der Waals surface area contributed by atoms with Gasteiger partial charge < -0.3 is 27.4 Å². The van der Waals surface area contributed by atoms with E-state index in [1.54, 1.807) is 61.5 Å². The van der Waals surface area contributed by atoms with Crippen LogP contribution in [0, 0.1) is 12.8 Å². The van der Waals surface area contributed by atoms with Crippen molar-refractivity contribution < 1.29 is 41.8 Å². The maximum Gasteiger partial charge on any atom is 0.530 e. The second kappa shape index (κ2) is 25.7. The zero-order valence-electron chi connectivity index (χ0n) is 37.0. The van der Waals surface area contributed by atoms with Crippen LogP contribution < -0.4 is 18.1 Å². The van der Waals surface area contributed by atoms with Crippen molar-refractivity contribution in [3.05, 3.63) is 192 Å². The van der Waals surface area contributed by atoms with Gasteiger partial charge in [-0.25, -0.2) is 0 Å². The molecule has 0 heterocycles. The summed E-state index contributed by atoms with van der Waals surface area (Å²) >= 11 is 1.47. The zero-order chi connectivity index (χ0) is 46.6. The molecule has 3 atom stereocenters. The summed E-state index contributed by atoms with van der Waals surface area (Å²) in [4.78, 5) is 47.4. The monoisotopic (exact) mass is 924 g/mol. The lowest BCUT2D eigenvalue weighted by Gasteiger charge is -2.23. The minimum absolute atomic E-state index is 0.273. The Morgan fingerprint density at radius 1 is 0.554 bits per heavy atom. The molecular formula is C53H50O9P2S. The summed E-state index contributed by atoms with van der Waals surface area (Å²) in [6.45, 7) is 11.3. The van der Waals surface area contributed by atoms with Gasteiger partial charge in [0.15, 0.2) is 12.6 Å². The summed E-state index contributed by atoms with van der Waals surface area (Å²) < 4.78 is 32.1. The molecule has 0 saturated carbocycles. The van der Waals surface area contributed by atoms with E-state index in [4.69, 9.17) is 22.6 Å². The van der Waals surface area contributed by atoms with Crippen LogP contribution in [0.3, 0.4) is 0 Å². The quantitative estimate of drug-likeness (QED) is 0.0357. The van der Waals surface area contributed by atoms with Crippen molar-refractivity contribution in [2.24, 2.45) is 5.92 Å². The van der Waals surface area contributed by atoms with Gasteiger partial charge in [0.05, 0.1) is 26.8 Å². The van der Waals surface area contributed by atoms with Crippen molar-refractivity contribution in [3.8, 4) is 23.0 Å². The zero-order valence-corrected chi connectivity index (χ0v) is 39.6. The number of carbonyl (C=O) groups excluding carboxylic acids is 4. The molecule has 9 nitrogen and oxygen atoms in total. The Morgan fingerprint density at radius 2 is 1.00 bits per heavy atom. The molecule has 65 heavy (non-hydrogen) atoms. The van der Waals surface area contributed by atoms with Crippen molar-refractivity contribution in [2.75, 3.05) is 6.66 Å². The maximum atomic E-state index is 12.0. The minimum atomic E-state index is -2.27. The highest BCUT2D eigenvalue weighted by molar-refractivity contribution is 8.00. The molecule has 0 aromatic heterocycles. The summed E-state index contributed by atoms with van der Waals surface area (Å²) in [5.74, 6) is 1.48. The van der Waals surface area contributed by atoms with Crippen LogP contribution in [-0.4, -0.2) is 31.8 Å². The maximum absolute atomic E-state index is 12.0. The molecule has 3 unspecified atom stereocenters. The average molecular weight is 925 g/mol. The van der Waals surface area contributed by atoms with Crippen molar-refractivity contribution in [1.29, 1.82) is 0 Å². The normalized spacial score (nSPS) is 12.3. The molecule has 7 rings (SSSR count). The Kier molecular flexibility index (Phi) is 19.5. The van der Waals surface area contributed by atoms with E-state index < -0.39 is 22.9 Å².